The van der Waals surface area contributed by atoms with Crippen molar-refractivity contribution < 1.29 is 9.53 Å². The predicted molar refractivity (Wildman–Crippen MR) is 151 cm³/mol. The molecule has 5 rings (SSSR count). The van der Waals surface area contributed by atoms with Gasteiger partial charge in [0.2, 0.25) is 0 Å². The van der Waals surface area contributed by atoms with Crippen molar-refractivity contribution in [1.29, 1.82) is 0 Å². The van der Waals surface area contributed by atoms with Crippen molar-refractivity contribution in [2.24, 2.45) is 0 Å². The molecule has 1 fully saturated rings. The molecule has 1 saturated heterocycles. The van der Waals surface area contributed by atoms with Crippen molar-refractivity contribution in [3.05, 3.63) is 72.2 Å². The highest BCUT2D eigenvalue weighted by Crippen LogP contribution is 2.29. The fourth-order valence-electron chi connectivity index (χ4n) is 5.23. The van der Waals surface area contributed by atoms with E-state index in [0.29, 0.717) is 13.1 Å². The Balaban J connectivity index is 1.49. The first-order valence-corrected chi connectivity index (χ1v) is 13.4. The third-order valence-electron chi connectivity index (χ3n) is 7.41. The van der Waals surface area contributed by atoms with Crippen LogP contribution in [0.3, 0.4) is 0 Å². The van der Waals surface area contributed by atoms with E-state index >= 15 is 0 Å². The van der Waals surface area contributed by atoms with Gasteiger partial charge in [-0.25, -0.2) is 0 Å². The summed E-state index contributed by atoms with van der Waals surface area (Å²) in [6, 6.07) is 14.3. The fraction of sp³-hybridized carbons (Fsp3) is 0.400. The normalized spacial score (nSPS) is 14.0. The number of carbonyl (C=O) groups is 1. The molecule has 4 aromatic rings. The topological polar surface area (TPSA) is 69.6 Å². The number of nitrogens with zero attached hydrogens (tertiary/aromatic N) is 5. The maximum Gasteiger partial charge on any atom is 0.256 e. The van der Waals surface area contributed by atoms with Gasteiger partial charge < -0.3 is 24.0 Å². The van der Waals surface area contributed by atoms with Crippen LogP contribution in [-0.4, -0.2) is 89.3 Å². The van der Waals surface area contributed by atoms with Crippen molar-refractivity contribution in [3.63, 3.8) is 0 Å². The second kappa shape index (κ2) is 11.8. The second-order valence-corrected chi connectivity index (χ2v) is 10.4. The summed E-state index contributed by atoms with van der Waals surface area (Å²) in [5, 5.41) is 8.02. The Morgan fingerprint density at radius 2 is 1.89 bits per heavy atom. The highest BCUT2D eigenvalue weighted by Gasteiger charge is 2.23. The maximum atomic E-state index is 14.2. The van der Waals surface area contributed by atoms with E-state index in [9.17, 15) is 4.79 Å². The summed E-state index contributed by atoms with van der Waals surface area (Å²) in [6.07, 6.45) is 8.35. The van der Waals surface area contributed by atoms with Crippen molar-refractivity contribution in [2.45, 2.75) is 25.9 Å². The molecule has 0 saturated carbocycles. The average molecular weight is 515 g/mol. The number of aromatic nitrogens is 3. The maximum absolute atomic E-state index is 14.2. The second-order valence-electron chi connectivity index (χ2n) is 10.4. The number of likely N-dealkylation sites (tertiary alicyclic amines) is 1. The SMILES string of the molecule is COc1cccc(CN(CCN(C)C)C(=O)c2cn(CCN3CCCC3)c3cc(-c4cn[nH]c4)ccc23)c1. The van der Waals surface area contributed by atoms with E-state index in [2.05, 4.69) is 55.0 Å². The molecule has 1 N–H and O–H groups in total. The van der Waals surface area contributed by atoms with Gasteiger partial charge in [0.15, 0.2) is 0 Å². The number of hydrogen-bond acceptors (Lipinski definition) is 5. The highest BCUT2D eigenvalue weighted by molar-refractivity contribution is 6.07. The molecule has 8 heteroatoms. The molecule has 0 unspecified atom stereocenters. The third kappa shape index (κ3) is 5.92. The molecule has 8 nitrogen and oxygen atoms in total. The summed E-state index contributed by atoms with van der Waals surface area (Å²) >= 11 is 0. The lowest BCUT2D eigenvalue weighted by atomic mass is 10.1. The lowest BCUT2D eigenvalue weighted by Gasteiger charge is -2.24. The molecule has 0 aliphatic carbocycles. The molecule has 2 aromatic carbocycles. The number of likely N-dealkylation sites (N-methyl/N-ethyl adjacent to an activating group) is 1. The first kappa shape index (κ1) is 26.0. The molecule has 0 radical (unpaired) electrons. The van der Waals surface area contributed by atoms with Crippen LogP contribution < -0.4 is 4.74 Å². The Kier molecular flexibility index (Phi) is 8.10. The number of nitrogens with one attached hydrogen (secondary N) is 1. The Hall–Kier alpha value is -3.62. The van der Waals surface area contributed by atoms with Crippen LogP contribution in [0.25, 0.3) is 22.0 Å². The molecule has 1 aliphatic rings. The number of methoxy groups -OCH3 is 1. The number of benzene rings is 2. The average Bonchev–Trinajstić information content (AvgIpc) is 3.71. The number of aromatic amines is 1. The zero-order chi connectivity index (χ0) is 26.5. The van der Waals surface area contributed by atoms with Gasteiger partial charge in [0, 0.05) is 61.6 Å². The number of hydrogen-bond donors (Lipinski definition) is 1. The predicted octanol–water partition coefficient (Wildman–Crippen LogP) is 4.34. The minimum absolute atomic E-state index is 0.0515. The highest BCUT2D eigenvalue weighted by atomic mass is 16.5. The van der Waals surface area contributed by atoms with E-state index in [4.69, 9.17) is 4.74 Å². The van der Waals surface area contributed by atoms with Gasteiger partial charge in [0.25, 0.3) is 5.91 Å². The van der Waals surface area contributed by atoms with Crippen LogP contribution in [0.4, 0.5) is 0 Å². The molecule has 1 amide bonds. The smallest absolute Gasteiger partial charge is 0.256 e. The van der Waals surface area contributed by atoms with E-state index < -0.39 is 0 Å². The van der Waals surface area contributed by atoms with Crippen LogP contribution in [0.5, 0.6) is 5.75 Å². The van der Waals surface area contributed by atoms with Crippen molar-refractivity contribution in [2.75, 3.05) is 53.9 Å². The fourth-order valence-corrected chi connectivity index (χ4v) is 5.23. The Bertz CT molecular complexity index is 1350. The van der Waals surface area contributed by atoms with Crippen molar-refractivity contribution >= 4 is 16.8 Å². The van der Waals surface area contributed by atoms with E-state index in [0.717, 1.165) is 71.6 Å². The zero-order valence-corrected chi connectivity index (χ0v) is 22.7. The van der Waals surface area contributed by atoms with Gasteiger partial charge in [-0.05, 0) is 69.4 Å². The number of H-pyrrole nitrogens is 1. The standard InChI is InChI=1S/C30H38N6O2/c1-33(2)13-15-36(21-23-7-6-8-26(17-23)38-3)30(37)28-22-35(16-14-34-11-4-5-12-34)29-18-24(9-10-27(28)29)25-19-31-32-20-25/h6-10,17-20,22H,4-5,11-16,21H2,1-3H3,(H,31,32). The molecular formula is C30H38N6O2. The van der Waals surface area contributed by atoms with Crippen LogP contribution in [-0.2, 0) is 13.1 Å². The lowest BCUT2D eigenvalue weighted by Crippen LogP contribution is -2.36. The van der Waals surface area contributed by atoms with E-state index in [1.165, 1.54) is 12.8 Å². The Morgan fingerprint density at radius 1 is 1.05 bits per heavy atom. The summed E-state index contributed by atoms with van der Waals surface area (Å²) < 4.78 is 7.69. The van der Waals surface area contributed by atoms with Crippen LogP contribution >= 0.6 is 0 Å². The first-order chi connectivity index (χ1) is 18.5. The van der Waals surface area contributed by atoms with Gasteiger partial charge in [-0.3, -0.25) is 9.89 Å². The molecular weight excluding hydrogens is 476 g/mol. The summed E-state index contributed by atoms with van der Waals surface area (Å²) in [6.45, 7) is 6.10. The van der Waals surface area contributed by atoms with Crippen LogP contribution in [0.1, 0.15) is 28.8 Å². The Morgan fingerprint density at radius 3 is 2.63 bits per heavy atom. The largest absolute Gasteiger partial charge is 0.497 e. The van der Waals surface area contributed by atoms with Crippen LogP contribution in [0.2, 0.25) is 0 Å². The van der Waals surface area contributed by atoms with Gasteiger partial charge in [-0.15, -0.1) is 0 Å². The molecule has 2 aromatic heterocycles. The van der Waals surface area contributed by atoms with E-state index in [-0.39, 0.29) is 5.91 Å². The molecule has 1 aliphatic heterocycles. The molecule has 3 heterocycles. The minimum atomic E-state index is 0.0515. The van der Waals surface area contributed by atoms with Gasteiger partial charge in [-0.1, -0.05) is 24.3 Å². The number of amides is 1. The molecule has 0 spiro atoms. The van der Waals surface area contributed by atoms with Crippen LogP contribution in [0, 0.1) is 0 Å². The molecule has 0 atom stereocenters. The number of rotatable bonds is 11. The summed E-state index contributed by atoms with van der Waals surface area (Å²) in [5.74, 6) is 0.850. The molecule has 200 valence electrons. The molecule has 38 heavy (non-hydrogen) atoms. The van der Waals surface area contributed by atoms with E-state index in [1.807, 2.05) is 49.6 Å². The van der Waals surface area contributed by atoms with Gasteiger partial charge >= 0.3 is 0 Å². The van der Waals surface area contributed by atoms with Gasteiger partial charge in [0.1, 0.15) is 5.75 Å². The van der Waals surface area contributed by atoms with Crippen molar-refractivity contribution in [3.8, 4) is 16.9 Å². The summed E-state index contributed by atoms with van der Waals surface area (Å²) in [4.78, 5) is 20.7. The summed E-state index contributed by atoms with van der Waals surface area (Å²) in [7, 11) is 5.74. The summed E-state index contributed by atoms with van der Waals surface area (Å²) in [5.41, 5.74) is 5.02. The Labute approximate surface area is 224 Å². The van der Waals surface area contributed by atoms with Gasteiger partial charge in [-0.2, -0.15) is 5.10 Å². The lowest BCUT2D eigenvalue weighted by molar-refractivity contribution is 0.0733. The van der Waals surface area contributed by atoms with Crippen molar-refractivity contribution in [1.82, 2.24) is 29.5 Å². The van der Waals surface area contributed by atoms with Crippen LogP contribution in [0.15, 0.2) is 61.1 Å². The first-order valence-electron chi connectivity index (χ1n) is 13.4. The molecule has 0 bridgehead atoms. The van der Waals surface area contributed by atoms with Gasteiger partial charge in [0.05, 0.1) is 18.9 Å². The quantitative estimate of drug-likeness (QED) is 0.323. The third-order valence-corrected chi connectivity index (χ3v) is 7.41. The number of carbonyl (C=O) groups excluding carboxylic acids is 1. The zero-order valence-electron chi connectivity index (χ0n) is 22.7. The number of fused-ring (bicyclic) bond motifs is 1. The monoisotopic (exact) mass is 514 g/mol. The van der Waals surface area contributed by atoms with E-state index in [1.54, 1.807) is 7.11 Å². The number of ether oxygens (including phenoxy) is 1. The minimum Gasteiger partial charge on any atom is -0.497 e.